The maximum absolute atomic E-state index is 12.1. The topological polar surface area (TPSA) is 90.9 Å². The molecular weight excluding hydrogens is 370 g/mol. The number of carbonyl (C=O) groups excluding carboxylic acids is 3. The number of benzene rings is 1. The summed E-state index contributed by atoms with van der Waals surface area (Å²) in [5.41, 5.74) is 1.82. The third-order valence-electron chi connectivity index (χ3n) is 3.90. The summed E-state index contributed by atoms with van der Waals surface area (Å²) in [7, 11) is 2.84. The van der Waals surface area contributed by atoms with Crippen molar-refractivity contribution in [3.8, 4) is 5.75 Å². The van der Waals surface area contributed by atoms with Gasteiger partial charge in [0.2, 0.25) is 0 Å². The zero-order valence-electron chi connectivity index (χ0n) is 15.6. The minimum atomic E-state index is -0.526. The number of ether oxygens (including phenoxy) is 3. The first kappa shape index (κ1) is 20.4. The highest BCUT2D eigenvalue weighted by Crippen LogP contribution is 2.32. The molecule has 8 heteroatoms. The van der Waals surface area contributed by atoms with Gasteiger partial charge >= 0.3 is 11.9 Å². The second-order valence-corrected chi connectivity index (χ2v) is 6.94. The zero-order valence-corrected chi connectivity index (χ0v) is 16.4. The Labute approximate surface area is 161 Å². The van der Waals surface area contributed by atoms with Crippen LogP contribution in [0.1, 0.15) is 26.4 Å². The van der Waals surface area contributed by atoms with Gasteiger partial charge in [-0.2, -0.15) is 0 Å². The van der Waals surface area contributed by atoms with Gasteiger partial charge in [0.05, 0.1) is 26.2 Å². The normalized spacial score (nSPS) is 10.2. The molecule has 0 aliphatic carbocycles. The summed E-state index contributed by atoms with van der Waals surface area (Å²) in [6.45, 7) is 3.19. The second-order valence-electron chi connectivity index (χ2n) is 5.71. The van der Waals surface area contributed by atoms with Crippen molar-refractivity contribution in [3.63, 3.8) is 0 Å². The van der Waals surface area contributed by atoms with Crippen molar-refractivity contribution < 1.29 is 28.6 Å². The number of methoxy groups -OCH3 is 2. The van der Waals surface area contributed by atoms with Crippen molar-refractivity contribution in [2.24, 2.45) is 0 Å². The van der Waals surface area contributed by atoms with Crippen LogP contribution in [-0.2, 0) is 25.5 Å². The lowest BCUT2D eigenvalue weighted by Crippen LogP contribution is -2.22. The predicted octanol–water partition coefficient (Wildman–Crippen LogP) is 2.88. The zero-order chi connectivity index (χ0) is 20.0. The lowest BCUT2D eigenvalue weighted by molar-refractivity contribution is -0.146. The summed E-state index contributed by atoms with van der Waals surface area (Å²) in [5, 5.41) is 2.99. The first-order valence-electron chi connectivity index (χ1n) is 8.12. The van der Waals surface area contributed by atoms with Crippen LogP contribution in [-0.4, -0.2) is 38.7 Å². The summed E-state index contributed by atoms with van der Waals surface area (Å²) >= 11 is 1.27. The van der Waals surface area contributed by atoms with E-state index in [0.717, 1.165) is 16.0 Å². The van der Waals surface area contributed by atoms with E-state index in [1.165, 1.54) is 18.4 Å². The molecule has 1 aromatic heterocycles. The van der Waals surface area contributed by atoms with Crippen LogP contribution in [0.5, 0.6) is 5.75 Å². The quantitative estimate of drug-likeness (QED) is 0.730. The van der Waals surface area contributed by atoms with Gasteiger partial charge in [0.15, 0.2) is 6.61 Å². The Morgan fingerprint density at radius 3 is 2.33 bits per heavy atom. The maximum atomic E-state index is 12.1. The molecule has 0 radical (unpaired) electrons. The Bertz CT molecular complexity index is 841. The SMILES string of the molecule is COC(=O)c1c(NC(=O)COC(=O)Cc2ccc(OC)cc2)sc(C)c1C. The van der Waals surface area contributed by atoms with Crippen molar-refractivity contribution in [1.82, 2.24) is 0 Å². The standard InChI is InChI=1S/C19H21NO6S/c1-11-12(2)27-18(17(11)19(23)25-4)20-15(21)10-26-16(22)9-13-5-7-14(24-3)8-6-13/h5-8H,9-10H2,1-4H3,(H,20,21). The Morgan fingerprint density at radius 1 is 1.07 bits per heavy atom. The first-order chi connectivity index (χ1) is 12.8. The van der Waals surface area contributed by atoms with E-state index in [9.17, 15) is 14.4 Å². The fraction of sp³-hybridized carbons (Fsp3) is 0.316. The van der Waals surface area contributed by atoms with Gasteiger partial charge in [-0.3, -0.25) is 9.59 Å². The Morgan fingerprint density at radius 2 is 1.74 bits per heavy atom. The molecule has 0 spiro atoms. The first-order valence-corrected chi connectivity index (χ1v) is 8.94. The number of nitrogens with one attached hydrogen (secondary N) is 1. The van der Waals surface area contributed by atoms with Crippen LogP contribution in [0.25, 0.3) is 0 Å². The van der Waals surface area contributed by atoms with Crippen LogP contribution in [0.15, 0.2) is 24.3 Å². The van der Waals surface area contributed by atoms with E-state index < -0.39 is 24.5 Å². The molecule has 0 saturated heterocycles. The number of aryl methyl sites for hydroxylation is 1. The van der Waals surface area contributed by atoms with Crippen molar-refractivity contribution in [1.29, 1.82) is 0 Å². The van der Waals surface area contributed by atoms with Gasteiger partial charge in [-0.1, -0.05) is 12.1 Å². The molecule has 0 aliphatic rings. The molecule has 2 aromatic rings. The second kappa shape index (κ2) is 9.18. The molecule has 1 amide bonds. The van der Waals surface area contributed by atoms with Crippen LogP contribution in [0.4, 0.5) is 5.00 Å². The number of hydrogen-bond acceptors (Lipinski definition) is 7. The van der Waals surface area contributed by atoms with Crippen LogP contribution in [0, 0.1) is 13.8 Å². The van der Waals surface area contributed by atoms with Gasteiger partial charge < -0.3 is 19.5 Å². The number of rotatable bonds is 7. The maximum Gasteiger partial charge on any atom is 0.341 e. The van der Waals surface area contributed by atoms with Crippen LogP contribution >= 0.6 is 11.3 Å². The summed E-state index contributed by atoms with van der Waals surface area (Å²) in [6, 6.07) is 6.98. The summed E-state index contributed by atoms with van der Waals surface area (Å²) in [4.78, 5) is 36.8. The third kappa shape index (κ3) is 5.30. The van der Waals surface area contributed by atoms with Gasteiger partial charge in [-0.05, 0) is 37.1 Å². The van der Waals surface area contributed by atoms with Gasteiger partial charge in [0, 0.05) is 4.88 Å². The molecule has 0 bridgehead atoms. The smallest absolute Gasteiger partial charge is 0.341 e. The molecule has 0 atom stereocenters. The molecule has 1 heterocycles. The molecular formula is C19H21NO6S. The molecule has 1 N–H and O–H groups in total. The van der Waals surface area contributed by atoms with Crippen molar-refractivity contribution in [3.05, 3.63) is 45.8 Å². The van der Waals surface area contributed by atoms with Crippen LogP contribution in [0.3, 0.4) is 0 Å². The van der Waals surface area contributed by atoms with E-state index in [0.29, 0.717) is 16.3 Å². The van der Waals surface area contributed by atoms with E-state index in [2.05, 4.69) is 5.32 Å². The number of carbonyl (C=O) groups is 3. The van der Waals surface area contributed by atoms with Gasteiger partial charge in [0.25, 0.3) is 5.91 Å². The van der Waals surface area contributed by atoms with Crippen molar-refractivity contribution in [2.45, 2.75) is 20.3 Å². The van der Waals surface area contributed by atoms with E-state index in [1.54, 1.807) is 38.3 Å². The van der Waals surface area contributed by atoms with E-state index >= 15 is 0 Å². The molecule has 0 fully saturated rings. The minimum absolute atomic E-state index is 0.0436. The van der Waals surface area contributed by atoms with E-state index in [-0.39, 0.29) is 6.42 Å². The Balaban J connectivity index is 1.91. The van der Waals surface area contributed by atoms with Gasteiger partial charge in [0.1, 0.15) is 10.8 Å². The lowest BCUT2D eigenvalue weighted by Gasteiger charge is -2.07. The molecule has 2 rings (SSSR count). The van der Waals surface area contributed by atoms with Crippen LogP contribution < -0.4 is 10.1 Å². The minimum Gasteiger partial charge on any atom is -0.497 e. The predicted molar refractivity (Wildman–Crippen MR) is 101 cm³/mol. The number of hydrogen-bond donors (Lipinski definition) is 1. The fourth-order valence-electron chi connectivity index (χ4n) is 2.33. The van der Waals surface area contributed by atoms with E-state index in [4.69, 9.17) is 14.2 Å². The molecule has 0 aliphatic heterocycles. The summed E-state index contributed by atoms with van der Waals surface area (Å²) < 4.78 is 14.8. The molecule has 7 nitrogen and oxygen atoms in total. The van der Waals surface area contributed by atoms with Crippen molar-refractivity contribution in [2.75, 3.05) is 26.1 Å². The van der Waals surface area contributed by atoms with Crippen LogP contribution in [0.2, 0.25) is 0 Å². The molecule has 0 unspecified atom stereocenters. The summed E-state index contributed by atoms with van der Waals surface area (Å²) in [5.74, 6) is -0.885. The monoisotopic (exact) mass is 391 g/mol. The third-order valence-corrected chi connectivity index (χ3v) is 5.02. The van der Waals surface area contributed by atoms with Gasteiger partial charge in [-0.15, -0.1) is 11.3 Å². The number of esters is 2. The Hall–Kier alpha value is -2.87. The largest absolute Gasteiger partial charge is 0.497 e. The molecule has 144 valence electrons. The summed E-state index contributed by atoms with van der Waals surface area (Å²) in [6.07, 6.45) is 0.0436. The molecule has 1 aromatic carbocycles. The average molecular weight is 391 g/mol. The van der Waals surface area contributed by atoms with Gasteiger partial charge in [-0.25, -0.2) is 4.79 Å². The highest BCUT2D eigenvalue weighted by Gasteiger charge is 2.22. The van der Waals surface area contributed by atoms with Crippen molar-refractivity contribution >= 4 is 34.2 Å². The number of anilines is 1. The average Bonchev–Trinajstić information content (AvgIpc) is 2.93. The lowest BCUT2D eigenvalue weighted by atomic mass is 10.1. The Kier molecular flexibility index (Phi) is 6.95. The molecule has 27 heavy (non-hydrogen) atoms. The number of thiophene rings is 1. The molecule has 0 saturated carbocycles. The fourth-order valence-corrected chi connectivity index (χ4v) is 3.40. The highest BCUT2D eigenvalue weighted by molar-refractivity contribution is 7.16. The number of amides is 1. The highest BCUT2D eigenvalue weighted by atomic mass is 32.1. The van der Waals surface area contributed by atoms with E-state index in [1.807, 2.05) is 6.92 Å².